The second-order valence-corrected chi connectivity index (χ2v) is 6.97. The number of rotatable bonds is 8. The maximum atomic E-state index is 10.5. The first-order valence-electron chi connectivity index (χ1n) is 9.59. The Bertz CT molecular complexity index is 520. The van der Waals surface area contributed by atoms with Crippen molar-refractivity contribution in [1.29, 1.82) is 0 Å². The van der Waals surface area contributed by atoms with Crippen molar-refractivity contribution < 1.29 is 9.52 Å². The molecule has 0 bridgehead atoms. The zero-order valence-electron chi connectivity index (χ0n) is 16.3. The molecule has 2 rings (SSSR count). The molecular formula is C19H35IN4O2. The highest BCUT2D eigenvalue weighted by Crippen LogP contribution is 2.21. The minimum absolute atomic E-state index is 0. The molecule has 1 aliphatic heterocycles. The SMILES string of the molecule is CCNC(=NCC(C)(O)c1ccco1)NCCN1CCCCC1CC.I. The van der Waals surface area contributed by atoms with Crippen molar-refractivity contribution in [3.8, 4) is 0 Å². The van der Waals surface area contributed by atoms with Gasteiger partial charge in [0.05, 0.1) is 12.8 Å². The number of hydrogen-bond acceptors (Lipinski definition) is 4. The van der Waals surface area contributed by atoms with E-state index in [2.05, 4.69) is 27.4 Å². The van der Waals surface area contributed by atoms with Crippen LogP contribution in [0.2, 0.25) is 0 Å². The highest BCUT2D eigenvalue weighted by molar-refractivity contribution is 14.0. The fourth-order valence-corrected chi connectivity index (χ4v) is 3.37. The van der Waals surface area contributed by atoms with Crippen molar-refractivity contribution in [1.82, 2.24) is 15.5 Å². The molecule has 6 nitrogen and oxygen atoms in total. The molecule has 1 aromatic heterocycles. The summed E-state index contributed by atoms with van der Waals surface area (Å²) in [5.74, 6) is 1.27. The van der Waals surface area contributed by atoms with Gasteiger partial charge in [-0.15, -0.1) is 24.0 Å². The predicted octanol–water partition coefficient (Wildman–Crippen LogP) is 2.92. The van der Waals surface area contributed by atoms with E-state index in [0.29, 0.717) is 5.76 Å². The van der Waals surface area contributed by atoms with E-state index < -0.39 is 5.60 Å². The lowest BCUT2D eigenvalue weighted by atomic mass is 10.0. The number of guanidine groups is 1. The molecule has 7 heteroatoms. The van der Waals surface area contributed by atoms with Crippen LogP contribution in [0.3, 0.4) is 0 Å². The molecule has 1 aromatic rings. The summed E-state index contributed by atoms with van der Waals surface area (Å²) in [6, 6.07) is 4.27. The lowest BCUT2D eigenvalue weighted by Crippen LogP contribution is -2.46. The van der Waals surface area contributed by atoms with Gasteiger partial charge in [0.2, 0.25) is 0 Å². The Hall–Kier alpha value is -0.800. The van der Waals surface area contributed by atoms with Crippen LogP contribution in [0.4, 0.5) is 0 Å². The summed E-state index contributed by atoms with van der Waals surface area (Å²) in [4.78, 5) is 7.11. The van der Waals surface area contributed by atoms with Gasteiger partial charge in [0.1, 0.15) is 11.4 Å². The van der Waals surface area contributed by atoms with E-state index in [9.17, 15) is 5.11 Å². The molecule has 2 heterocycles. The molecule has 26 heavy (non-hydrogen) atoms. The topological polar surface area (TPSA) is 73.0 Å². The Morgan fingerprint density at radius 3 is 2.85 bits per heavy atom. The molecule has 1 fully saturated rings. The molecule has 1 saturated heterocycles. The highest BCUT2D eigenvalue weighted by atomic mass is 127. The molecule has 0 aliphatic carbocycles. The molecule has 0 amide bonds. The minimum Gasteiger partial charge on any atom is -0.466 e. The van der Waals surface area contributed by atoms with Gasteiger partial charge < -0.3 is 20.2 Å². The van der Waals surface area contributed by atoms with Crippen molar-refractivity contribution in [3.05, 3.63) is 24.2 Å². The average molecular weight is 478 g/mol. The maximum absolute atomic E-state index is 10.5. The molecule has 2 atom stereocenters. The number of likely N-dealkylation sites (tertiary alicyclic amines) is 1. The van der Waals surface area contributed by atoms with Crippen LogP contribution in [0.1, 0.15) is 52.2 Å². The summed E-state index contributed by atoms with van der Waals surface area (Å²) in [5, 5.41) is 17.2. The largest absolute Gasteiger partial charge is 0.466 e. The van der Waals surface area contributed by atoms with Gasteiger partial charge in [-0.3, -0.25) is 4.90 Å². The predicted molar refractivity (Wildman–Crippen MR) is 117 cm³/mol. The van der Waals surface area contributed by atoms with Crippen LogP contribution in [-0.2, 0) is 5.60 Å². The summed E-state index contributed by atoms with van der Waals surface area (Å²) in [6.45, 7) is 10.1. The lowest BCUT2D eigenvalue weighted by molar-refractivity contribution is 0.0437. The van der Waals surface area contributed by atoms with E-state index >= 15 is 0 Å². The van der Waals surface area contributed by atoms with Gasteiger partial charge >= 0.3 is 0 Å². The Balaban J connectivity index is 0.00000338. The quantitative estimate of drug-likeness (QED) is 0.305. The zero-order valence-corrected chi connectivity index (χ0v) is 18.7. The van der Waals surface area contributed by atoms with Crippen LogP contribution in [0, 0.1) is 0 Å². The third kappa shape index (κ3) is 7.08. The zero-order chi connectivity index (χ0) is 18.1. The fourth-order valence-electron chi connectivity index (χ4n) is 3.37. The van der Waals surface area contributed by atoms with Crippen molar-refractivity contribution in [2.24, 2.45) is 4.99 Å². The number of nitrogens with zero attached hydrogens (tertiary/aromatic N) is 2. The second-order valence-electron chi connectivity index (χ2n) is 6.97. The van der Waals surface area contributed by atoms with Gasteiger partial charge in [-0.25, -0.2) is 4.99 Å². The van der Waals surface area contributed by atoms with Crippen LogP contribution in [0.25, 0.3) is 0 Å². The molecule has 150 valence electrons. The summed E-state index contributed by atoms with van der Waals surface area (Å²) in [5.41, 5.74) is -1.11. The first kappa shape index (κ1) is 23.2. The molecule has 3 N–H and O–H groups in total. The van der Waals surface area contributed by atoms with Gasteiger partial charge in [-0.2, -0.15) is 0 Å². The van der Waals surface area contributed by atoms with E-state index in [4.69, 9.17) is 4.42 Å². The molecule has 0 saturated carbocycles. The van der Waals surface area contributed by atoms with E-state index in [-0.39, 0.29) is 30.5 Å². The molecule has 0 spiro atoms. The third-order valence-corrected chi connectivity index (χ3v) is 4.85. The summed E-state index contributed by atoms with van der Waals surface area (Å²) < 4.78 is 5.31. The smallest absolute Gasteiger partial charge is 0.191 e. The van der Waals surface area contributed by atoms with E-state index in [1.165, 1.54) is 32.2 Å². The van der Waals surface area contributed by atoms with Crippen molar-refractivity contribution >= 4 is 29.9 Å². The van der Waals surface area contributed by atoms with Gasteiger partial charge in [0.25, 0.3) is 0 Å². The van der Waals surface area contributed by atoms with Crippen LogP contribution in [0.5, 0.6) is 0 Å². The van der Waals surface area contributed by atoms with Crippen molar-refractivity contribution in [3.63, 3.8) is 0 Å². The highest BCUT2D eigenvalue weighted by Gasteiger charge is 2.26. The monoisotopic (exact) mass is 478 g/mol. The summed E-state index contributed by atoms with van der Waals surface area (Å²) in [7, 11) is 0. The van der Waals surface area contributed by atoms with Crippen LogP contribution >= 0.6 is 24.0 Å². The van der Waals surface area contributed by atoms with E-state index in [1.54, 1.807) is 25.3 Å². The fraction of sp³-hybridized carbons (Fsp3) is 0.737. The maximum Gasteiger partial charge on any atom is 0.191 e. The molecule has 0 radical (unpaired) electrons. The number of nitrogens with one attached hydrogen (secondary N) is 2. The van der Waals surface area contributed by atoms with Crippen LogP contribution < -0.4 is 10.6 Å². The van der Waals surface area contributed by atoms with E-state index in [1.807, 2.05) is 6.92 Å². The van der Waals surface area contributed by atoms with E-state index in [0.717, 1.165) is 31.6 Å². The van der Waals surface area contributed by atoms with Gasteiger partial charge in [0, 0.05) is 25.7 Å². The first-order chi connectivity index (χ1) is 12.1. The standard InChI is InChI=1S/C19H34N4O2.HI/c1-4-16-9-6-7-12-23(16)13-11-21-18(20-5-2)22-15-19(3,24)17-10-8-14-25-17;/h8,10,14,16,24H,4-7,9,11-13,15H2,1-3H3,(H2,20,21,22);1H. The minimum atomic E-state index is -1.11. The van der Waals surface area contributed by atoms with Crippen LogP contribution in [0.15, 0.2) is 27.8 Å². The summed E-state index contributed by atoms with van der Waals surface area (Å²) >= 11 is 0. The number of furan rings is 1. The second kappa shape index (κ2) is 11.8. The van der Waals surface area contributed by atoms with Crippen LogP contribution in [-0.4, -0.2) is 54.7 Å². The summed E-state index contributed by atoms with van der Waals surface area (Å²) in [6.07, 6.45) is 6.77. The third-order valence-electron chi connectivity index (χ3n) is 4.85. The van der Waals surface area contributed by atoms with Gasteiger partial charge in [-0.1, -0.05) is 13.3 Å². The Labute approximate surface area is 174 Å². The number of halogens is 1. The Morgan fingerprint density at radius 1 is 1.38 bits per heavy atom. The number of aliphatic hydroxyl groups is 1. The van der Waals surface area contributed by atoms with Gasteiger partial charge in [-0.05, 0) is 51.8 Å². The molecule has 0 aromatic carbocycles. The van der Waals surface area contributed by atoms with Gasteiger partial charge in [0.15, 0.2) is 5.96 Å². The number of aliphatic imine (C=N–C) groups is 1. The Morgan fingerprint density at radius 2 is 2.19 bits per heavy atom. The lowest BCUT2D eigenvalue weighted by Gasteiger charge is -2.35. The normalized spacial score (nSPS) is 20.9. The van der Waals surface area contributed by atoms with Crippen molar-refractivity contribution in [2.45, 2.75) is 58.1 Å². The number of hydrogen-bond donors (Lipinski definition) is 3. The average Bonchev–Trinajstić information content (AvgIpc) is 3.16. The first-order valence-corrected chi connectivity index (χ1v) is 9.59. The Kier molecular flexibility index (Phi) is 10.6. The molecular weight excluding hydrogens is 443 g/mol. The number of piperidine rings is 1. The van der Waals surface area contributed by atoms with Crippen molar-refractivity contribution in [2.75, 3.05) is 32.7 Å². The molecule has 1 aliphatic rings. The molecule has 2 unspecified atom stereocenters.